The zero-order chi connectivity index (χ0) is 17.8. The maximum atomic E-state index is 9.39. The van der Waals surface area contributed by atoms with E-state index in [-0.39, 0.29) is 0 Å². The van der Waals surface area contributed by atoms with Crippen molar-refractivity contribution in [3.8, 4) is 22.9 Å². The van der Waals surface area contributed by atoms with E-state index in [1.807, 2.05) is 24.4 Å². The van der Waals surface area contributed by atoms with E-state index in [0.717, 1.165) is 55.1 Å². The van der Waals surface area contributed by atoms with Crippen LogP contribution in [-0.2, 0) is 0 Å². The fraction of sp³-hybridized carbons (Fsp3) is 0.316. The Balaban J connectivity index is 1.61. The van der Waals surface area contributed by atoms with Crippen LogP contribution in [-0.4, -0.2) is 58.8 Å². The van der Waals surface area contributed by atoms with Gasteiger partial charge in [-0.05, 0) is 12.1 Å². The lowest BCUT2D eigenvalue weighted by molar-refractivity contribution is 0.191. The molecule has 1 aliphatic rings. The molecule has 26 heavy (non-hydrogen) atoms. The smallest absolute Gasteiger partial charge is 0.138 e. The molecule has 0 aliphatic carbocycles. The van der Waals surface area contributed by atoms with E-state index in [1.165, 1.54) is 0 Å². The first-order valence-corrected chi connectivity index (χ1v) is 8.73. The molecule has 1 N–H and O–H groups in total. The third-order valence-corrected chi connectivity index (χ3v) is 4.57. The number of nitrogens with zero attached hydrogens (tertiary/aromatic N) is 5. The minimum absolute atomic E-state index is 0.538. The number of rotatable bonds is 5. The summed E-state index contributed by atoms with van der Waals surface area (Å²) in [5.74, 6) is 0.735. The molecule has 7 nitrogen and oxygen atoms in total. The first-order valence-electron chi connectivity index (χ1n) is 8.73. The Morgan fingerprint density at radius 3 is 2.92 bits per heavy atom. The molecule has 0 unspecified atom stereocenters. The van der Waals surface area contributed by atoms with E-state index >= 15 is 0 Å². The largest absolute Gasteiger partial charge is 0.491 e. The van der Waals surface area contributed by atoms with E-state index in [4.69, 9.17) is 4.74 Å². The number of pyridine rings is 2. The van der Waals surface area contributed by atoms with E-state index < -0.39 is 0 Å². The molecule has 1 aliphatic heterocycles. The average molecular weight is 348 g/mol. The highest BCUT2D eigenvalue weighted by molar-refractivity contribution is 5.84. The summed E-state index contributed by atoms with van der Waals surface area (Å²) in [6.45, 7) is 5.67. The fourth-order valence-corrected chi connectivity index (χ4v) is 3.23. The van der Waals surface area contributed by atoms with E-state index in [9.17, 15) is 5.26 Å². The van der Waals surface area contributed by atoms with Crippen LogP contribution < -0.4 is 10.1 Å². The summed E-state index contributed by atoms with van der Waals surface area (Å²) >= 11 is 0. The molecule has 0 spiro atoms. The van der Waals surface area contributed by atoms with Crippen molar-refractivity contribution in [2.45, 2.75) is 0 Å². The Kier molecular flexibility index (Phi) is 4.78. The van der Waals surface area contributed by atoms with Gasteiger partial charge in [0.25, 0.3) is 0 Å². The average Bonchev–Trinajstić information content (AvgIpc) is 3.12. The standard InChI is InChI=1S/C19H20N6O/c20-11-16-13-23-25-14-17(26-9-8-24-6-4-21-5-7-24)10-18(19(16)25)15-2-1-3-22-12-15/h1-3,10,12-14,21H,4-9H2. The maximum Gasteiger partial charge on any atom is 0.138 e. The van der Waals surface area contributed by atoms with Crippen LogP contribution in [0.25, 0.3) is 16.6 Å². The summed E-state index contributed by atoms with van der Waals surface area (Å²) in [5, 5.41) is 17.0. The van der Waals surface area contributed by atoms with Crippen LogP contribution in [0.2, 0.25) is 0 Å². The summed E-state index contributed by atoms with van der Waals surface area (Å²) in [4.78, 5) is 6.58. The molecule has 0 atom stereocenters. The number of fused-ring (bicyclic) bond motifs is 1. The second-order valence-corrected chi connectivity index (χ2v) is 6.23. The van der Waals surface area contributed by atoms with Gasteiger partial charge in [-0.3, -0.25) is 9.88 Å². The van der Waals surface area contributed by atoms with Crippen LogP contribution in [0.5, 0.6) is 5.75 Å². The van der Waals surface area contributed by atoms with Crippen LogP contribution in [0.3, 0.4) is 0 Å². The van der Waals surface area contributed by atoms with Gasteiger partial charge in [0, 0.05) is 56.2 Å². The monoisotopic (exact) mass is 348 g/mol. The van der Waals surface area contributed by atoms with Gasteiger partial charge in [-0.25, -0.2) is 4.52 Å². The second-order valence-electron chi connectivity index (χ2n) is 6.23. The van der Waals surface area contributed by atoms with Crippen molar-refractivity contribution < 1.29 is 4.74 Å². The van der Waals surface area contributed by atoms with E-state index in [2.05, 4.69) is 26.4 Å². The zero-order valence-corrected chi connectivity index (χ0v) is 14.4. The Hall–Kier alpha value is -2.95. The Morgan fingerprint density at radius 2 is 2.15 bits per heavy atom. The number of ether oxygens (including phenoxy) is 1. The van der Waals surface area contributed by atoms with Gasteiger partial charge in [0.05, 0.1) is 23.5 Å². The number of aromatic nitrogens is 3. The minimum atomic E-state index is 0.538. The van der Waals surface area contributed by atoms with Gasteiger partial charge < -0.3 is 10.1 Å². The van der Waals surface area contributed by atoms with Crippen molar-refractivity contribution in [3.05, 3.63) is 48.5 Å². The summed E-state index contributed by atoms with van der Waals surface area (Å²) < 4.78 is 7.71. The quantitative estimate of drug-likeness (QED) is 0.754. The van der Waals surface area contributed by atoms with Crippen LogP contribution in [0.15, 0.2) is 43.0 Å². The molecule has 0 amide bonds. The molecule has 0 radical (unpaired) electrons. The van der Waals surface area contributed by atoms with Crippen molar-refractivity contribution in [1.82, 2.24) is 24.8 Å². The minimum Gasteiger partial charge on any atom is -0.491 e. The number of hydrogen-bond acceptors (Lipinski definition) is 6. The lowest BCUT2D eigenvalue weighted by Crippen LogP contribution is -2.44. The number of nitriles is 1. The van der Waals surface area contributed by atoms with Crippen LogP contribution in [0.1, 0.15) is 5.56 Å². The maximum absolute atomic E-state index is 9.39. The Bertz CT molecular complexity index is 924. The van der Waals surface area contributed by atoms with Crippen LogP contribution in [0, 0.1) is 11.3 Å². The normalized spacial score (nSPS) is 15.0. The lowest BCUT2D eigenvalue weighted by atomic mass is 10.1. The molecule has 3 aromatic rings. The number of piperazine rings is 1. The SMILES string of the molecule is N#Cc1cnn2cc(OCCN3CCNCC3)cc(-c3cccnc3)c12. The Morgan fingerprint density at radius 1 is 1.27 bits per heavy atom. The molecular formula is C19H20N6O. The molecule has 0 aromatic carbocycles. The molecule has 7 heteroatoms. The second kappa shape index (κ2) is 7.52. The van der Waals surface area contributed by atoms with Gasteiger partial charge in [0.15, 0.2) is 0 Å². The Labute approximate surface area is 151 Å². The molecule has 3 aromatic heterocycles. The number of hydrogen-bond donors (Lipinski definition) is 1. The van der Waals surface area contributed by atoms with E-state index in [0.29, 0.717) is 12.2 Å². The topological polar surface area (TPSA) is 78.5 Å². The van der Waals surface area contributed by atoms with Crippen molar-refractivity contribution in [2.24, 2.45) is 0 Å². The predicted octanol–water partition coefficient (Wildman–Crippen LogP) is 1.55. The first kappa shape index (κ1) is 16.5. The molecule has 1 fully saturated rings. The summed E-state index contributed by atoms with van der Waals surface area (Å²) in [7, 11) is 0. The number of nitrogens with one attached hydrogen (secondary N) is 1. The van der Waals surface area contributed by atoms with Crippen molar-refractivity contribution >= 4 is 5.52 Å². The first-order chi connectivity index (χ1) is 12.8. The van der Waals surface area contributed by atoms with Gasteiger partial charge in [-0.2, -0.15) is 10.4 Å². The van der Waals surface area contributed by atoms with Crippen molar-refractivity contribution in [3.63, 3.8) is 0 Å². The van der Waals surface area contributed by atoms with Crippen molar-refractivity contribution in [2.75, 3.05) is 39.3 Å². The molecule has 132 valence electrons. The van der Waals surface area contributed by atoms with E-state index in [1.54, 1.807) is 23.1 Å². The highest BCUT2D eigenvalue weighted by Crippen LogP contribution is 2.30. The molecule has 0 bridgehead atoms. The van der Waals surface area contributed by atoms with Gasteiger partial charge in [0.1, 0.15) is 18.4 Å². The van der Waals surface area contributed by atoms with Gasteiger partial charge in [0.2, 0.25) is 0 Å². The molecular weight excluding hydrogens is 328 g/mol. The predicted molar refractivity (Wildman–Crippen MR) is 97.9 cm³/mol. The third-order valence-electron chi connectivity index (χ3n) is 4.57. The highest BCUT2D eigenvalue weighted by atomic mass is 16.5. The molecule has 0 saturated carbocycles. The summed E-state index contributed by atoms with van der Waals surface area (Å²) in [6, 6.07) is 8.03. The van der Waals surface area contributed by atoms with Gasteiger partial charge >= 0.3 is 0 Å². The highest BCUT2D eigenvalue weighted by Gasteiger charge is 2.14. The van der Waals surface area contributed by atoms with Crippen LogP contribution >= 0.6 is 0 Å². The summed E-state index contributed by atoms with van der Waals surface area (Å²) in [5.41, 5.74) is 3.14. The molecule has 4 heterocycles. The summed E-state index contributed by atoms with van der Waals surface area (Å²) in [6.07, 6.45) is 6.93. The van der Waals surface area contributed by atoms with Crippen LogP contribution in [0.4, 0.5) is 0 Å². The zero-order valence-electron chi connectivity index (χ0n) is 14.4. The van der Waals surface area contributed by atoms with Crippen molar-refractivity contribution in [1.29, 1.82) is 5.26 Å². The fourth-order valence-electron chi connectivity index (χ4n) is 3.23. The lowest BCUT2D eigenvalue weighted by Gasteiger charge is -2.26. The third kappa shape index (κ3) is 3.38. The van der Waals surface area contributed by atoms with Gasteiger partial charge in [-0.1, -0.05) is 6.07 Å². The molecule has 1 saturated heterocycles. The van der Waals surface area contributed by atoms with Gasteiger partial charge in [-0.15, -0.1) is 0 Å². The molecule has 4 rings (SSSR count).